The van der Waals surface area contributed by atoms with Crippen LogP contribution in [-0.4, -0.2) is 27.5 Å². The van der Waals surface area contributed by atoms with Gasteiger partial charge in [-0.3, -0.25) is 9.78 Å². The van der Waals surface area contributed by atoms with Gasteiger partial charge in [-0.1, -0.05) is 18.0 Å². The molecule has 21 heavy (non-hydrogen) atoms. The summed E-state index contributed by atoms with van der Waals surface area (Å²) in [6.45, 7) is 2.63. The molecule has 3 rings (SSSR count). The van der Waals surface area contributed by atoms with E-state index in [0.29, 0.717) is 5.56 Å². The molecule has 5 heteroatoms. The van der Waals surface area contributed by atoms with Crippen molar-refractivity contribution in [3.63, 3.8) is 0 Å². The van der Waals surface area contributed by atoms with Crippen LogP contribution < -0.4 is 0 Å². The second-order valence-corrected chi connectivity index (χ2v) is 5.47. The highest BCUT2D eigenvalue weighted by Gasteiger charge is 2.29. The van der Waals surface area contributed by atoms with E-state index in [9.17, 15) is 4.79 Å². The smallest absolute Gasteiger partial charge is 0.255 e. The average Bonchev–Trinajstić information content (AvgIpc) is 2.80. The molecule has 0 aliphatic carbocycles. The number of hydrogen-bond acceptors (Lipinski definition) is 4. The van der Waals surface area contributed by atoms with Crippen LogP contribution in [0.1, 0.15) is 53.5 Å². The topological polar surface area (TPSA) is 59.2 Å². The molecule has 0 saturated carbocycles. The van der Waals surface area contributed by atoms with Crippen molar-refractivity contribution in [2.75, 3.05) is 6.54 Å². The van der Waals surface area contributed by atoms with E-state index < -0.39 is 0 Å². The minimum Gasteiger partial charge on any atom is -0.361 e. The lowest BCUT2D eigenvalue weighted by Crippen LogP contribution is -2.35. The summed E-state index contributed by atoms with van der Waals surface area (Å²) in [6.07, 6.45) is 7.50. The average molecular weight is 285 g/mol. The van der Waals surface area contributed by atoms with Gasteiger partial charge in [-0.05, 0) is 31.9 Å². The van der Waals surface area contributed by atoms with E-state index in [0.717, 1.165) is 43.7 Å². The van der Waals surface area contributed by atoms with Gasteiger partial charge in [-0.2, -0.15) is 0 Å². The van der Waals surface area contributed by atoms with Crippen molar-refractivity contribution in [2.45, 2.75) is 38.6 Å². The molecule has 0 bridgehead atoms. The van der Waals surface area contributed by atoms with E-state index in [-0.39, 0.29) is 11.9 Å². The second-order valence-electron chi connectivity index (χ2n) is 5.47. The Balaban J connectivity index is 1.90. The fourth-order valence-corrected chi connectivity index (χ4v) is 2.86. The highest BCUT2D eigenvalue weighted by molar-refractivity contribution is 5.94. The molecule has 1 amide bonds. The molecule has 5 nitrogen and oxygen atoms in total. The fourth-order valence-electron chi connectivity index (χ4n) is 2.86. The van der Waals surface area contributed by atoms with Crippen molar-refractivity contribution in [1.29, 1.82) is 0 Å². The first-order chi connectivity index (χ1) is 10.3. The molecule has 0 spiro atoms. The van der Waals surface area contributed by atoms with Crippen LogP contribution in [0, 0.1) is 6.92 Å². The molecular weight excluding hydrogens is 266 g/mol. The molecule has 0 radical (unpaired) electrons. The van der Waals surface area contributed by atoms with Crippen LogP contribution >= 0.6 is 0 Å². The van der Waals surface area contributed by atoms with Gasteiger partial charge in [-0.15, -0.1) is 0 Å². The normalized spacial score (nSPS) is 19.3. The van der Waals surface area contributed by atoms with Crippen LogP contribution in [0.5, 0.6) is 0 Å². The minimum absolute atomic E-state index is 0.00217. The number of hydrogen-bond donors (Lipinski definition) is 0. The molecule has 1 fully saturated rings. The molecule has 110 valence electrons. The Bertz CT molecular complexity index is 609. The molecule has 2 aromatic rings. The van der Waals surface area contributed by atoms with Gasteiger partial charge in [0.25, 0.3) is 5.91 Å². The summed E-state index contributed by atoms with van der Waals surface area (Å²) in [5.74, 6) is 0.804. The van der Waals surface area contributed by atoms with Gasteiger partial charge in [0.1, 0.15) is 11.5 Å². The molecule has 2 aromatic heterocycles. The van der Waals surface area contributed by atoms with E-state index >= 15 is 0 Å². The Morgan fingerprint density at radius 3 is 3.00 bits per heavy atom. The lowest BCUT2D eigenvalue weighted by atomic mass is 10.1. The summed E-state index contributed by atoms with van der Waals surface area (Å²) in [6, 6.07) is 5.53. The zero-order chi connectivity index (χ0) is 14.7. The van der Waals surface area contributed by atoms with Gasteiger partial charge in [0.05, 0.1) is 11.6 Å². The van der Waals surface area contributed by atoms with Gasteiger partial charge < -0.3 is 9.42 Å². The second kappa shape index (κ2) is 6.08. The van der Waals surface area contributed by atoms with Crippen molar-refractivity contribution in [1.82, 2.24) is 15.0 Å². The number of aryl methyl sites for hydroxylation is 1. The van der Waals surface area contributed by atoms with Crippen molar-refractivity contribution >= 4 is 5.91 Å². The first kappa shape index (κ1) is 13.8. The molecule has 0 aromatic carbocycles. The Labute approximate surface area is 124 Å². The van der Waals surface area contributed by atoms with Crippen LogP contribution in [0.2, 0.25) is 0 Å². The molecular formula is C16H19N3O2. The number of likely N-dealkylation sites (tertiary alicyclic amines) is 1. The number of carbonyl (C=O) groups excluding carboxylic acids is 1. The SMILES string of the molecule is Cc1cc([C@H]2CCCCCN2C(=O)c2cccnc2)no1. The zero-order valence-electron chi connectivity index (χ0n) is 12.2. The Kier molecular flexibility index (Phi) is 3.99. The zero-order valence-corrected chi connectivity index (χ0v) is 12.2. The molecule has 1 atom stereocenters. The predicted molar refractivity (Wildman–Crippen MR) is 77.7 cm³/mol. The first-order valence-corrected chi connectivity index (χ1v) is 7.40. The molecule has 1 aliphatic rings. The van der Waals surface area contributed by atoms with Gasteiger partial charge in [0, 0.05) is 25.0 Å². The van der Waals surface area contributed by atoms with Gasteiger partial charge in [-0.25, -0.2) is 0 Å². The largest absolute Gasteiger partial charge is 0.361 e. The standard InChI is InChI=1S/C16H19N3O2/c1-12-10-14(18-21-12)15-7-3-2-4-9-19(15)16(20)13-6-5-8-17-11-13/h5-6,8,10-11,15H,2-4,7,9H2,1H3/t15-/m1/s1. The maximum absolute atomic E-state index is 12.8. The van der Waals surface area contributed by atoms with E-state index in [2.05, 4.69) is 10.1 Å². The predicted octanol–water partition coefficient (Wildman–Crippen LogP) is 3.14. The van der Waals surface area contributed by atoms with Crippen LogP contribution in [0.3, 0.4) is 0 Å². The molecule has 1 aliphatic heterocycles. The summed E-state index contributed by atoms with van der Waals surface area (Å²) in [4.78, 5) is 18.7. The summed E-state index contributed by atoms with van der Waals surface area (Å²) in [5, 5.41) is 4.12. The maximum atomic E-state index is 12.8. The third kappa shape index (κ3) is 2.96. The maximum Gasteiger partial charge on any atom is 0.255 e. The van der Waals surface area contributed by atoms with Gasteiger partial charge in [0.2, 0.25) is 0 Å². The van der Waals surface area contributed by atoms with Crippen molar-refractivity contribution in [3.8, 4) is 0 Å². The number of carbonyl (C=O) groups is 1. The van der Waals surface area contributed by atoms with Crippen LogP contribution in [0.4, 0.5) is 0 Å². The molecule has 1 saturated heterocycles. The Morgan fingerprint density at radius 2 is 2.29 bits per heavy atom. The number of rotatable bonds is 2. The van der Waals surface area contributed by atoms with Crippen LogP contribution in [-0.2, 0) is 0 Å². The number of nitrogens with zero attached hydrogens (tertiary/aromatic N) is 3. The van der Waals surface area contributed by atoms with Crippen molar-refractivity contribution in [3.05, 3.63) is 47.6 Å². The third-order valence-electron chi connectivity index (χ3n) is 3.91. The molecule has 0 N–H and O–H groups in total. The molecule has 0 unspecified atom stereocenters. The van der Waals surface area contributed by atoms with E-state index in [1.54, 1.807) is 18.5 Å². The van der Waals surface area contributed by atoms with E-state index in [4.69, 9.17) is 4.52 Å². The lowest BCUT2D eigenvalue weighted by molar-refractivity contribution is 0.0673. The highest BCUT2D eigenvalue weighted by Crippen LogP contribution is 2.30. The molecule has 3 heterocycles. The van der Waals surface area contributed by atoms with E-state index in [1.165, 1.54) is 0 Å². The van der Waals surface area contributed by atoms with Crippen molar-refractivity contribution in [2.24, 2.45) is 0 Å². The lowest BCUT2D eigenvalue weighted by Gasteiger charge is -2.28. The van der Waals surface area contributed by atoms with Crippen molar-refractivity contribution < 1.29 is 9.32 Å². The Morgan fingerprint density at radius 1 is 1.38 bits per heavy atom. The summed E-state index contributed by atoms with van der Waals surface area (Å²) < 4.78 is 5.19. The third-order valence-corrected chi connectivity index (χ3v) is 3.91. The summed E-state index contributed by atoms with van der Waals surface area (Å²) in [5.41, 5.74) is 1.48. The van der Waals surface area contributed by atoms with Gasteiger partial charge in [0.15, 0.2) is 0 Å². The van der Waals surface area contributed by atoms with Crippen LogP contribution in [0.15, 0.2) is 35.1 Å². The van der Waals surface area contributed by atoms with Gasteiger partial charge >= 0.3 is 0 Å². The number of amides is 1. The summed E-state index contributed by atoms with van der Waals surface area (Å²) >= 11 is 0. The van der Waals surface area contributed by atoms with E-state index in [1.807, 2.05) is 24.0 Å². The van der Waals surface area contributed by atoms with Crippen LogP contribution in [0.25, 0.3) is 0 Å². The summed E-state index contributed by atoms with van der Waals surface area (Å²) in [7, 11) is 0. The number of pyridine rings is 1. The monoisotopic (exact) mass is 285 g/mol. The highest BCUT2D eigenvalue weighted by atomic mass is 16.5. The minimum atomic E-state index is -0.00217. The quantitative estimate of drug-likeness (QED) is 0.850. The first-order valence-electron chi connectivity index (χ1n) is 7.40. The number of aromatic nitrogens is 2. The fraction of sp³-hybridized carbons (Fsp3) is 0.438. The Hall–Kier alpha value is -2.17.